The van der Waals surface area contributed by atoms with E-state index in [1.165, 1.54) is 12.3 Å². The molecule has 15 heavy (non-hydrogen) atoms. The maximum atomic E-state index is 11.3. The summed E-state index contributed by atoms with van der Waals surface area (Å²) in [5, 5.41) is 22.6. The van der Waals surface area contributed by atoms with Crippen molar-refractivity contribution in [3.63, 3.8) is 0 Å². The number of carbonyl (C=O) groups is 1. The molecule has 0 aliphatic carbocycles. The van der Waals surface area contributed by atoms with Crippen LogP contribution in [0, 0.1) is 0 Å². The molecular weight excluding hydrogens is 226 g/mol. The molecule has 0 saturated heterocycles. The number of hydrogen-bond acceptors (Lipinski definition) is 5. The topological polar surface area (TPSA) is 132 Å². The van der Waals surface area contributed by atoms with E-state index in [0.717, 1.165) is 0 Å². The molecule has 1 aromatic rings. The smallest absolute Gasteiger partial charge is 0.333 e. The van der Waals surface area contributed by atoms with Crippen LogP contribution in [-0.4, -0.2) is 47.4 Å². The van der Waals surface area contributed by atoms with E-state index < -0.39 is 28.6 Å². The molecule has 0 aromatic carbocycles. The Hall–Kier alpha value is -1.45. The molecule has 0 amide bonds. The summed E-state index contributed by atoms with van der Waals surface area (Å²) in [5.74, 6) is -1.50. The normalized spacial score (nSPS) is 13.7. The van der Waals surface area contributed by atoms with Gasteiger partial charge < -0.3 is 10.2 Å². The van der Waals surface area contributed by atoms with Crippen molar-refractivity contribution in [3.05, 3.63) is 12.3 Å². The fraction of sp³-hybridized carbons (Fsp3) is 0.333. The zero-order valence-electron chi connectivity index (χ0n) is 7.41. The lowest BCUT2D eigenvalue weighted by Crippen LogP contribution is -2.36. The number of aliphatic carboxylic acids is 1. The summed E-state index contributed by atoms with van der Waals surface area (Å²) < 4.78 is 24.6. The lowest BCUT2D eigenvalue weighted by atomic mass is 10.4. The molecule has 1 unspecified atom stereocenters. The first kappa shape index (κ1) is 11.6. The average Bonchev–Trinajstić information content (AvgIpc) is 2.67. The fourth-order valence-corrected chi connectivity index (χ4v) is 1.69. The summed E-state index contributed by atoms with van der Waals surface area (Å²) in [5.41, 5.74) is 0. The van der Waals surface area contributed by atoms with Crippen molar-refractivity contribution >= 4 is 16.0 Å². The van der Waals surface area contributed by atoms with Gasteiger partial charge in [0.05, 0.1) is 6.20 Å². The van der Waals surface area contributed by atoms with Crippen LogP contribution < -0.4 is 4.72 Å². The lowest BCUT2D eigenvalue weighted by Gasteiger charge is -2.06. The van der Waals surface area contributed by atoms with Gasteiger partial charge in [-0.2, -0.15) is 5.10 Å². The number of hydrogen-bond donors (Lipinski definition) is 4. The van der Waals surface area contributed by atoms with Crippen molar-refractivity contribution in [1.29, 1.82) is 0 Å². The first-order valence-corrected chi connectivity index (χ1v) is 5.31. The Morgan fingerprint density at radius 1 is 1.67 bits per heavy atom. The van der Waals surface area contributed by atoms with E-state index in [2.05, 4.69) is 10.2 Å². The van der Waals surface area contributed by atoms with E-state index >= 15 is 0 Å². The Morgan fingerprint density at radius 3 is 2.80 bits per heavy atom. The first-order chi connectivity index (χ1) is 6.93. The molecule has 0 aliphatic rings. The Balaban J connectivity index is 2.63. The highest BCUT2D eigenvalue weighted by molar-refractivity contribution is 7.89. The van der Waals surface area contributed by atoms with Gasteiger partial charge in [0.2, 0.25) is 0 Å². The third-order valence-electron chi connectivity index (χ3n) is 1.52. The number of sulfonamides is 1. The summed E-state index contributed by atoms with van der Waals surface area (Å²) in [6.45, 7) is -0.601. The van der Waals surface area contributed by atoms with Gasteiger partial charge in [-0.3, -0.25) is 5.10 Å². The second-order valence-corrected chi connectivity index (χ2v) is 4.36. The summed E-state index contributed by atoms with van der Waals surface area (Å²) >= 11 is 0. The quantitative estimate of drug-likeness (QED) is 0.472. The maximum Gasteiger partial charge on any atom is 0.333 e. The number of aromatic amines is 1. The van der Waals surface area contributed by atoms with Crippen molar-refractivity contribution in [2.45, 2.75) is 11.1 Å². The molecular formula is C6H9N3O5S. The predicted octanol–water partition coefficient (Wildman–Crippen LogP) is -1.87. The van der Waals surface area contributed by atoms with Crippen LogP contribution in [0.25, 0.3) is 0 Å². The van der Waals surface area contributed by atoms with Crippen LogP contribution in [0.2, 0.25) is 0 Å². The van der Waals surface area contributed by atoms with Crippen molar-refractivity contribution in [3.8, 4) is 0 Å². The summed E-state index contributed by atoms with van der Waals surface area (Å²) in [6.07, 6.45) is -0.537. The molecule has 0 radical (unpaired) electrons. The van der Waals surface area contributed by atoms with E-state index in [0.29, 0.717) is 0 Å². The van der Waals surface area contributed by atoms with Gasteiger partial charge in [-0.1, -0.05) is 0 Å². The van der Waals surface area contributed by atoms with E-state index in [9.17, 15) is 13.2 Å². The average molecular weight is 235 g/mol. The fourth-order valence-electron chi connectivity index (χ4n) is 0.746. The van der Waals surface area contributed by atoms with Crippen LogP contribution in [0.1, 0.15) is 0 Å². The first-order valence-electron chi connectivity index (χ1n) is 3.83. The van der Waals surface area contributed by atoms with Crippen molar-refractivity contribution in [2.24, 2.45) is 0 Å². The van der Waals surface area contributed by atoms with E-state index in [-0.39, 0.29) is 5.03 Å². The molecule has 0 fully saturated rings. The van der Waals surface area contributed by atoms with Crippen LogP contribution in [0.4, 0.5) is 0 Å². The number of rotatable bonds is 5. The SMILES string of the molecule is O=C(O)C(O)CNS(=O)(=O)c1ccn[nH]1. The third kappa shape index (κ3) is 3.01. The van der Waals surface area contributed by atoms with Crippen LogP contribution in [0.3, 0.4) is 0 Å². The van der Waals surface area contributed by atoms with Gasteiger partial charge in [0, 0.05) is 6.54 Å². The van der Waals surface area contributed by atoms with Crippen molar-refractivity contribution in [1.82, 2.24) is 14.9 Å². The van der Waals surface area contributed by atoms with Gasteiger partial charge in [-0.25, -0.2) is 17.9 Å². The Labute approximate surface area is 85.0 Å². The van der Waals surface area contributed by atoms with Gasteiger partial charge in [0.15, 0.2) is 11.1 Å². The van der Waals surface area contributed by atoms with Gasteiger partial charge in [0.25, 0.3) is 10.0 Å². The monoisotopic (exact) mass is 235 g/mol. The highest BCUT2D eigenvalue weighted by atomic mass is 32.2. The van der Waals surface area contributed by atoms with Crippen LogP contribution >= 0.6 is 0 Å². The predicted molar refractivity (Wildman–Crippen MR) is 47.4 cm³/mol. The molecule has 0 saturated carbocycles. The molecule has 0 spiro atoms. The van der Waals surface area contributed by atoms with Crippen molar-refractivity contribution < 1.29 is 23.4 Å². The van der Waals surface area contributed by atoms with Gasteiger partial charge >= 0.3 is 5.97 Å². The van der Waals surface area contributed by atoms with Crippen molar-refractivity contribution in [2.75, 3.05) is 6.54 Å². The lowest BCUT2D eigenvalue weighted by molar-refractivity contribution is -0.146. The second-order valence-electron chi connectivity index (χ2n) is 2.63. The summed E-state index contributed by atoms with van der Waals surface area (Å²) in [4.78, 5) is 10.2. The minimum absolute atomic E-state index is 0.194. The number of H-pyrrole nitrogens is 1. The number of nitrogens with one attached hydrogen (secondary N) is 2. The zero-order valence-corrected chi connectivity index (χ0v) is 8.23. The largest absolute Gasteiger partial charge is 0.479 e. The van der Waals surface area contributed by atoms with E-state index in [1.54, 1.807) is 0 Å². The molecule has 4 N–H and O–H groups in total. The van der Waals surface area contributed by atoms with Gasteiger partial charge in [0.1, 0.15) is 0 Å². The number of aliphatic hydroxyl groups is 1. The number of carboxylic acid groups (broad SMARTS) is 1. The Bertz CT molecular complexity index is 426. The third-order valence-corrected chi connectivity index (χ3v) is 2.87. The second kappa shape index (κ2) is 4.38. The van der Waals surface area contributed by atoms with Crippen LogP contribution in [-0.2, 0) is 14.8 Å². The summed E-state index contributed by atoms with van der Waals surface area (Å²) in [7, 11) is -3.84. The number of carboxylic acids is 1. The van der Waals surface area contributed by atoms with Crippen LogP contribution in [0.5, 0.6) is 0 Å². The number of aliphatic hydroxyl groups excluding tert-OH is 1. The standard InChI is InChI=1S/C6H9N3O5S/c10-4(6(11)12)3-8-15(13,14)5-1-2-7-9-5/h1-2,4,8,10H,3H2,(H,7,9)(H,11,12). The maximum absolute atomic E-state index is 11.3. The van der Waals surface area contributed by atoms with Gasteiger partial charge in [-0.05, 0) is 6.07 Å². The Morgan fingerprint density at radius 2 is 2.33 bits per heavy atom. The molecule has 1 aromatic heterocycles. The summed E-state index contributed by atoms with van der Waals surface area (Å²) in [6, 6.07) is 1.20. The number of nitrogens with zero attached hydrogens (tertiary/aromatic N) is 1. The molecule has 9 heteroatoms. The molecule has 8 nitrogen and oxygen atoms in total. The van der Waals surface area contributed by atoms with E-state index in [1.807, 2.05) is 4.72 Å². The highest BCUT2D eigenvalue weighted by Gasteiger charge is 2.19. The highest BCUT2D eigenvalue weighted by Crippen LogP contribution is 2.01. The molecule has 1 heterocycles. The minimum Gasteiger partial charge on any atom is -0.479 e. The number of aromatic nitrogens is 2. The Kier molecular flexibility index (Phi) is 3.39. The molecule has 84 valence electrons. The van der Waals surface area contributed by atoms with Crippen LogP contribution in [0.15, 0.2) is 17.3 Å². The molecule has 0 aliphatic heterocycles. The molecule has 1 rings (SSSR count). The molecule has 0 bridgehead atoms. The minimum atomic E-state index is -3.84. The zero-order chi connectivity index (χ0) is 11.5. The van der Waals surface area contributed by atoms with Gasteiger partial charge in [-0.15, -0.1) is 0 Å². The van der Waals surface area contributed by atoms with E-state index in [4.69, 9.17) is 10.2 Å². The molecule has 1 atom stereocenters.